The number of benzene rings is 3. The number of carbonyl (C=O) groups excluding carboxylic acids is 2. The third kappa shape index (κ3) is 6.69. The zero-order valence-electron chi connectivity index (χ0n) is 21.2. The summed E-state index contributed by atoms with van der Waals surface area (Å²) >= 11 is 2.92. The van der Waals surface area contributed by atoms with Crippen LogP contribution in [-0.4, -0.2) is 18.4 Å². The standard InChI is InChI=1S/C31H27N3O3S2/c32-19-26-25-16-7-8-17-27(25)39-31(26)34-30(36)29(21-10-3-1-4-11-21)38-24-15-9-12-22(18-24)33-28(35)20-37-23-13-5-2-6-14-23/h1-6,9-15,18,29H,7-8,16-17,20H2,(H,33,35)(H,34,36). The third-order valence-electron chi connectivity index (χ3n) is 6.35. The zero-order valence-corrected chi connectivity index (χ0v) is 22.8. The monoisotopic (exact) mass is 553 g/mol. The molecular weight excluding hydrogens is 526 g/mol. The molecule has 0 fully saturated rings. The molecule has 8 heteroatoms. The molecule has 0 aliphatic heterocycles. The lowest BCUT2D eigenvalue weighted by molar-refractivity contribution is -0.118. The van der Waals surface area contributed by atoms with E-state index in [0.29, 0.717) is 22.0 Å². The first-order chi connectivity index (χ1) is 19.1. The highest BCUT2D eigenvalue weighted by Crippen LogP contribution is 2.41. The van der Waals surface area contributed by atoms with Crippen molar-refractivity contribution in [2.45, 2.75) is 35.8 Å². The number of thiophene rings is 1. The first kappa shape index (κ1) is 26.5. The molecule has 1 aliphatic rings. The molecule has 0 bridgehead atoms. The maximum Gasteiger partial charge on any atom is 0.262 e. The summed E-state index contributed by atoms with van der Waals surface area (Å²) in [5.41, 5.74) is 3.16. The summed E-state index contributed by atoms with van der Waals surface area (Å²) in [6.45, 7) is -0.109. The van der Waals surface area contributed by atoms with Gasteiger partial charge in [0.2, 0.25) is 5.91 Å². The summed E-state index contributed by atoms with van der Waals surface area (Å²) in [7, 11) is 0. The molecule has 196 valence electrons. The molecule has 2 amide bonds. The minimum atomic E-state index is -0.552. The number of fused-ring (bicyclic) bond motifs is 1. The fraction of sp³-hybridized carbons (Fsp3) is 0.194. The molecule has 0 saturated heterocycles. The van der Waals surface area contributed by atoms with Crippen LogP contribution >= 0.6 is 23.1 Å². The van der Waals surface area contributed by atoms with Gasteiger partial charge in [-0.15, -0.1) is 23.1 Å². The fourth-order valence-electron chi connectivity index (χ4n) is 4.50. The van der Waals surface area contributed by atoms with E-state index in [9.17, 15) is 14.9 Å². The van der Waals surface area contributed by atoms with Crippen LogP contribution in [0.25, 0.3) is 0 Å². The molecule has 0 saturated carbocycles. The normalized spacial score (nSPS) is 13.0. The summed E-state index contributed by atoms with van der Waals surface area (Å²) in [5.74, 6) is 0.163. The molecule has 39 heavy (non-hydrogen) atoms. The number of thioether (sulfide) groups is 1. The Morgan fingerprint density at radius 3 is 2.46 bits per heavy atom. The summed E-state index contributed by atoms with van der Waals surface area (Å²) in [5, 5.41) is 15.8. The Kier molecular flexibility index (Phi) is 8.61. The van der Waals surface area contributed by atoms with Crippen molar-refractivity contribution in [2.75, 3.05) is 17.2 Å². The topological polar surface area (TPSA) is 91.2 Å². The van der Waals surface area contributed by atoms with Gasteiger partial charge in [0.15, 0.2) is 6.61 Å². The predicted molar refractivity (Wildman–Crippen MR) is 156 cm³/mol. The van der Waals surface area contributed by atoms with Crippen molar-refractivity contribution < 1.29 is 14.3 Å². The maximum atomic E-state index is 13.7. The van der Waals surface area contributed by atoms with E-state index in [2.05, 4.69) is 16.7 Å². The van der Waals surface area contributed by atoms with Crippen molar-refractivity contribution in [2.24, 2.45) is 0 Å². The Labute approximate surface area is 236 Å². The average Bonchev–Trinajstić information content (AvgIpc) is 3.32. The number of aryl methyl sites for hydroxylation is 1. The largest absolute Gasteiger partial charge is 0.484 e. The molecule has 3 aromatic carbocycles. The van der Waals surface area contributed by atoms with Crippen molar-refractivity contribution in [1.29, 1.82) is 5.26 Å². The van der Waals surface area contributed by atoms with Gasteiger partial charge >= 0.3 is 0 Å². The highest BCUT2D eigenvalue weighted by molar-refractivity contribution is 8.00. The minimum absolute atomic E-state index is 0.109. The van der Waals surface area contributed by atoms with E-state index in [-0.39, 0.29) is 18.4 Å². The Bertz CT molecular complexity index is 1500. The van der Waals surface area contributed by atoms with Gasteiger partial charge in [0.05, 0.1) is 5.56 Å². The van der Waals surface area contributed by atoms with Crippen LogP contribution < -0.4 is 15.4 Å². The maximum absolute atomic E-state index is 13.7. The highest BCUT2D eigenvalue weighted by atomic mass is 32.2. The first-order valence-electron chi connectivity index (χ1n) is 12.8. The van der Waals surface area contributed by atoms with E-state index in [1.807, 2.05) is 66.7 Å². The van der Waals surface area contributed by atoms with E-state index in [1.54, 1.807) is 18.2 Å². The van der Waals surface area contributed by atoms with E-state index >= 15 is 0 Å². The van der Waals surface area contributed by atoms with Crippen molar-refractivity contribution >= 4 is 45.6 Å². The van der Waals surface area contributed by atoms with Crippen molar-refractivity contribution in [3.05, 3.63) is 106 Å². The number of ether oxygens (including phenoxy) is 1. The van der Waals surface area contributed by atoms with Gasteiger partial charge in [0.25, 0.3) is 5.91 Å². The van der Waals surface area contributed by atoms with Crippen LogP contribution in [0.3, 0.4) is 0 Å². The molecule has 0 spiro atoms. The second-order valence-corrected chi connectivity index (χ2v) is 11.4. The van der Waals surface area contributed by atoms with Gasteiger partial charge in [-0.05, 0) is 67.1 Å². The Morgan fingerprint density at radius 2 is 1.69 bits per heavy atom. The van der Waals surface area contributed by atoms with Gasteiger partial charge in [0, 0.05) is 15.5 Å². The lowest BCUT2D eigenvalue weighted by Gasteiger charge is -2.17. The summed E-state index contributed by atoms with van der Waals surface area (Å²) in [6, 6.07) is 28.5. The van der Waals surface area contributed by atoms with Crippen LogP contribution in [0, 0.1) is 11.3 Å². The second kappa shape index (κ2) is 12.7. The van der Waals surface area contributed by atoms with Gasteiger partial charge in [-0.3, -0.25) is 9.59 Å². The number of para-hydroxylation sites is 1. The van der Waals surface area contributed by atoms with E-state index in [4.69, 9.17) is 4.74 Å². The number of anilines is 2. The zero-order chi connectivity index (χ0) is 27.0. The van der Waals surface area contributed by atoms with E-state index in [1.165, 1.54) is 28.0 Å². The number of hydrogen-bond acceptors (Lipinski definition) is 6. The number of rotatable bonds is 9. The molecule has 4 aromatic rings. The number of nitriles is 1. The summed E-state index contributed by atoms with van der Waals surface area (Å²) in [4.78, 5) is 28.2. The number of amides is 2. The molecular formula is C31H27N3O3S2. The second-order valence-electron chi connectivity index (χ2n) is 9.10. The van der Waals surface area contributed by atoms with Gasteiger partial charge < -0.3 is 15.4 Å². The molecule has 1 aliphatic carbocycles. The fourth-order valence-corrected chi connectivity index (χ4v) is 6.82. The molecule has 2 N–H and O–H groups in total. The quantitative estimate of drug-likeness (QED) is 0.218. The van der Waals surface area contributed by atoms with Crippen molar-refractivity contribution in [3.8, 4) is 11.8 Å². The minimum Gasteiger partial charge on any atom is -0.484 e. The van der Waals surface area contributed by atoms with Gasteiger partial charge in [-0.1, -0.05) is 54.6 Å². The van der Waals surface area contributed by atoms with E-state index < -0.39 is 5.25 Å². The molecule has 1 atom stereocenters. The number of hydrogen-bond donors (Lipinski definition) is 2. The van der Waals surface area contributed by atoms with Gasteiger partial charge in [0.1, 0.15) is 22.1 Å². The smallest absolute Gasteiger partial charge is 0.262 e. The SMILES string of the molecule is N#Cc1c(NC(=O)C(Sc2cccc(NC(=O)COc3ccccc3)c2)c2ccccc2)sc2c1CCCC2. The van der Waals surface area contributed by atoms with Gasteiger partial charge in [-0.25, -0.2) is 0 Å². The van der Waals surface area contributed by atoms with Crippen LogP contribution in [0.2, 0.25) is 0 Å². The van der Waals surface area contributed by atoms with Crippen molar-refractivity contribution in [3.63, 3.8) is 0 Å². The Morgan fingerprint density at radius 1 is 0.949 bits per heavy atom. The Hall–Kier alpha value is -4.06. The lowest BCUT2D eigenvalue weighted by atomic mass is 9.96. The highest BCUT2D eigenvalue weighted by Gasteiger charge is 2.26. The number of carbonyl (C=O) groups is 2. The predicted octanol–water partition coefficient (Wildman–Crippen LogP) is 6.99. The van der Waals surface area contributed by atoms with Crippen LogP contribution in [0.15, 0.2) is 89.8 Å². The van der Waals surface area contributed by atoms with Crippen LogP contribution in [0.1, 0.15) is 39.7 Å². The third-order valence-corrected chi connectivity index (χ3v) is 8.80. The number of nitrogens with zero attached hydrogens (tertiary/aromatic N) is 1. The van der Waals surface area contributed by atoms with Crippen LogP contribution in [0.4, 0.5) is 10.7 Å². The molecule has 0 radical (unpaired) electrons. The summed E-state index contributed by atoms with van der Waals surface area (Å²) < 4.78 is 5.54. The molecule has 5 rings (SSSR count). The molecule has 1 heterocycles. The van der Waals surface area contributed by atoms with Gasteiger partial charge in [-0.2, -0.15) is 5.26 Å². The van der Waals surface area contributed by atoms with E-state index in [0.717, 1.165) is 41.7 Å². The number of nitrogens with one attached hydrogen (secondary N) is 2. The average molecular weight is 554 g/mol. The van der Waals surface area contributed by atoms with Crippen LogP contribution in [0.5, 0.6) is 5.75 Å². The molecule has 6 nitrogen and oxygen atoms in total. The molecule has 1 unspecified atom stereocenters. The Balaban J connectivity index is 1.31. The lowest BCUT2D eigenvalue weighted by Crippen LogP contribution is -2.20. The van der Waals surface area contributed by atoms with Crippen molar-refractivity contribution in [1.82, 2.24) is 0 Å². The first-order valence-corrected chi connectivity index (χ1v) is 14.4. The van der Waals surface area contributed by atoms with Crippen LogP contribution in [-0.2, 0) is 22.4 Å². The summed E-state index contributed by atoms with van der Waals surface area (Å²) in [6.07, 6.45) is 4.02. The molecule has 1 aromatic heterocycles.